The van der Waals surface area contributed by atoms with Crippen molar-refractivity contribution in [1.82, 2.24) is 4.90 Å². The third-order valence-corrected chi connectivity index (χ3v) is 2.80. The summed E-state index contributed by atoms with van der Waals surface area (Å²) in [7, 11) is 0. The van der Waals surface area contributed by atoms with Crippen LogP contribution in [0.15, 0.2) is 24.3 Å². The van der Waals surface area contributed by atoms with E-state index in [4.69, 9.17) is 10.00 Å². The molecule has 1 aromatic rings. The Morgan fingerprint density at radius 3 is 2.68 bits per heavy atom. The second kappa shape index (κ2) is 7.42. The van der Waals surface area contributed by atoms with Gasteiger partial charge < -0.3 is 9.64 Å². The molecule has 4 heteroatoms. The van der Waals surface area contributed by atoms with E-state index in [9.17, 15) is 4.79 Å². The molecule has 0 aliphatic heterocycles. The van der Waals surface area contributed by atoms with Gasteiger partial charge in [0, 0.05) is 13.1 Å². The molecule has 0 aromatic heterocycles. The molecule has 1 unspecified atom stereocenters. The number of nitriles is 1. The molecule has 0 radical (unpaired) electrons. The van der Waals surface area contributed by atoms with Gasteiger partial charge in [0.25, 0.3) is 5.91 Å². The molecule has 102 valence electrons. The predicted molar refractivity (Wildman–Crippen MR) is 74.0 cm³/mol. The van der Waals surface area contributed by atoms with Crippen LogP contribution >= 0.6 is 0 Å². The Morgan fingerprint density at radius 1 is 1.42 bits per heavy atom. The van der Waals surface area contributed by atoms with Crippen molar-refractivity contribution in [2.24, 2.45) is 5.92 Å². The lowest BCUT2D eigenvalue weighted by Crippen LogP contribution is -2.34. The van der Waals surface area contributed by atoms with Crippen LogP contribution in [0.2, 0.25) is 0 Å². The highest BCUT2D eigenvalue weighted by molar-refractivity contribution is 5.96. The minimum Gasteiger partial charge on any atom is -0.493 e. The predicted octanol–water partition coefficient (Wildman–Crippen LogP) is 2.71. The molecular formula is C15H20N2O2. The molecule has 0 heterocycles. The minimum absolute atomic E-state index is 0.0892. The van der Waals surface area contributed by atoms with Gasteiger partial charge in [-0.05, 0) is 32.9 Å². The maximum Gasteiger partial charge on any atom is 0.257 e. The summed E-state index contributed by atoms with van der Waals surface area (Å²) >= 11 is 0. The molecule has 1 rings (SSSR count). The third-order valence-electron chi connectivity index (χ3n) is 2.80. The van der Waals surface area contributed by atoms with Crippen LogP contribution in [0.25, 0.3) is 0 Å². The van der Waals surface area contributed by atoms with Gasteiger partial charge in [-0.25, -0.2) is 0 Å². The highest BCUT2D eigenvalue weighted by Crippen LogP contribution is 2.20. The fourth-order valence-corrected chi connectivity index (χ4v) is 1.82. The van der Waals surface area contributed by atoms with Crippen molar-refractivity contribution in [3.63, 3.8) is 0 Å². The second-order valence-corrected chi connectivity index (χ2v) is 4.30. The van der Waals surface area contributed by atoms with Crippen molar-refractivity contribution in [3.8, 4) is 11.8 Å². The minimum atomic E-state index is -0.178. The number of rotatable bonds is 6. The first-order valence-electron chi connectivity index (χ1n) is 6.54. The summed E-state index contributed by atoms with van der Waals surface area (Å²) in [5.41, 5.74) is 0.552. The van der Waals surface area contributed by atoms with Gasteiger partial charge in [0.1, 0.15) is 5.75 Å². The molecule has 0 saturated carbocycles. The summed E-state index contributed by atoms with van der Waals surface area (Å²) < 4.78 is 5.47. The topological polar surface area (TPSA) is 53.3 Å². The zero-order valence-corrected chi connectivity index (χ0v) is 11.7. The molecule has 0 saturated heterocycles. The number of amides is 1. The number of carbonyl (C=O) groups excluding carboxylic acids is 1. The van der Waals surface area contributed by atoms with E-state index < -0.39 is 0 Å². The first-order chi connectivity index (χ1) is 9.13. The summed E-state index contributed by atoms with van der Waals surface area (Å²) in [4.78, 5) is 14.1. The van der Waals surface area contributed by atoms with E-state index >= 15 is 0 Å². The molecule has 0 N–H and O–H groups in total. The lowest BCUT2D eigenvalue weighted by Gasteiger charge is -2.23. The van der Waals surface area contributed by atoms with Crippen LogP contribution in [0, 0.1) is 17.2 Å². The van der Waals surface area contributed by atoms with E-state index in [2.05, 4.69) is 6.07 Å². The quantitative estimate of drug-likeness (QED) is 0.790. The Morgan fingerprint density at radius 2 is 2.11 bits per heavy atom. The van der Waals surface area contributed by atoms with E-state index in [1.165, 1.54) is 0 Å². The maximum absolute atomic E-state index is 12.5. The van der Waals surface area contributed by atoms with Crippen LogP contribution in [0.3, 0.4) is 0 Å². The molecule has 0 spiro atoms. The van der Waals surface area contributed by atoms with Gasteiger partial charge in [0.15, 0.2) is 0 Å². The number of hydrogen-bond acceptors (Lipinski definition) is 3. The number of carbonyl (C=O) groups is 1. The molecule has 4 nitrogen and oxygen atoms in total. The summed E-state index contributed by atoms with van der Waals surface area (Å²) in [5, 5.41) is 8.86. The molecule has 0 bridgehead atoms. The third kappa shape index (κ3) is 3.99. The summed E-state index contributed by atoms with van der Waals surface area (Å²) in [6.07, 6.45) is 0. The van der Waals surface area contributed by atoms with E-state index in [0.717, 1.165) is 0 Å². The Balaban J connectivity index is 2.94. The first-order valence-corrected chi connectivity index (χ1v) is 6.54. The van der Waals surface area contributed by atoms with Crippen molar-refractivity contribution >= 4 is 5.91 Å². The summed E-state index contributed by atoms with van der Waals surface area (Å²) in [6, 6.07) is 9.36. The molecule has 0 aliphatic rings. The van der Waals surface area contributed by atoms with Gasteiger partial charge in [0.05, 0.1) is 24.2 Å². The van der Waals surface area contributed by atoms with Crippen LogP contribution in [-0.4, -0.2) is 30.5 Å². The van der Waals surface area contributed by atoms with Crippen LogP contribution in [0.5, 0.6) is 5.75 Å². The van der Waals surface area contributed by atoms with Gasteiger partial charge >= 0.3 is 0 Å². The Kier molecular flexibility index (Phi) is 5.87. The Labute approximate surface area is 114 Å². The number of nitrogens with zero attached hydrogens (tertiary/aromatic N) is 2. The SMILES string of the molecule is CCOc1ccccc1C(=O)N(CC)CC(C)C#N. The van der Waals surface area contributed by atoms with Crippen molar-refractivity contribution in [2.45, 2.75) is 20.8 Å². The monoisotopic (exact) mass is 260 g/mol. The van der Waals surface area contributed by atoms with Crippen LogP contribution < -0.4 is 4.74 Å². The zero-order valence-electron chi connectivity index (χ0n) is 11.7. The smallest absolute Gasteiger partial charge is 0.257 e. The van der Waals surface area contributed by atoms with E-state index in [1.54, 1.807) is 17.0 Å². The molecule has 1 atom stereocenters. The first kappa shape index (κ1) is 15.0. The standard InChI is InChI=1S/C15H20N2O2/c1-4-17(11-12(3)10-16)15(18)13-8-6-7-9-14(13)19-5-2/h6-9,12H,4-5,11H2,1-3H3. The van der Waals surface area contributed by atoms with E-state index in [-0.39, 0.29) is 11.8 Å². The fraction of sp³-hybridized carbons (Fsp3) is 0.467. The molecule has 1 amide bonds. The van der Waals surface area contributed by atoms with Crippen molar-refractivity contribution < 1.29 is 9.53 Å². The highest BCUT2D eigenvalue weighted by Gasteiger charge is 2.19. The van der Waals surface area contributed by atoms with E-state index in [1.807, 2.05) is 32.9 Å². The average molecular weight is 260 g/mol. The van der Waals surface area contributed by atoms with Gasteiger partial charge in [-0.2, -0.15) is 5.26 Å². The molecule has 1 aromatic carbocycles. The number of benzene rings is 1. The van der Waals surface area contributed by atoms with Crippen LogP contribution in [-0.2, 0) is 0 Å². The maximum atomic E-state index is 12.5. The lowest BCUT2D eigenvalue weighted by atomic mass is 10.1. The van der Waals surface area contributed by atoms with Gasteiger partial charge in [-0.15, -0.1) is 0 Å². The zero-order chi connectivity index (χ0) is 14.3. The fourth-order valence-electron chi connectivity index (χ4n) is 1.82. The number of hydrogen-bond donors (Lipinski definition) is 0. The van der Waals surface area contributed by atoms with Crippen molar-refractivity contribution in [3.05, 3.63) is 29.8 Å². The van der Waals surface area contributed by atoms with Crippen LogP contribution in [0.4, 0.5) is 0 Å². The largest absolute Gasteiger partial charge is 0.493 e. The normalized spacial score (nSPS) is 11.5. The average Bonchev–Trinajstić information content (AvgIpc) is 2.44. The summed E-state index contributed by atoms with van der Waals surface area (Å²) in [6.45, 7) is 7.13. The number of para-hydroxylation sites is 1. The Bertz CT molecular complexity index is 465. The Hall–Kier alpha value is -2.02. The summed E-state index contributed by atoms with van der Waals surface area (Å²) in [5.74, 6) is 0.329. The number of ether oxygens (including phenoxy) is 1. The molecule has 0 aliphatic carbocycles. The van der Waals surface area contributed by atoms with Gasteiger partial charge in [-0.3, -0.25) is 4.79 Å². The van der Waals surface area contributed by atoms with E-state index in [0.29, 0.717) is 31.0 Å². The van der Waals surface area contributed by atoms with Crippen molar-refractivity contribution in [1.29, 1.82) is 5.26 Å². The van der Waals surface area contributed by atoms with Gasteiger partial charge in [-0.1, -0.05) is 12.1 Å². The van der Waals surface area contributed by atoms with Crippen molar-refractivity contribution in [2.75, 3.05) is 19.7 Å². The lowest BCUT2D eigenvalue weighted by molar-refractivity contribution is 0.0748. The highest BCUT2D eigenvalue weighted by atomic mass is 16.5. The van der Waals surface area contributed by atoms with Gasteiger partial charge in [0.2, 0.25) is 0 Å². The molecular weight excluding hydrogens is 240 g/mol. The van der Waals surface area contributed by atoms with Crippen LogP contribution in [0.1, 0.15) is 31.1 Å². The molecule has 19 heavy (non-hydrogen) atoms. The molecule has 0 fully saturated rings. The second-order valence-electron chi connectivity index (χ2n) is 4.30.